The van der Waals surface area contributed by atoms with Gasteiger partial charge in [0.25, 0.3) is 0 Å². The third-order valence-electron chi connectivity index (χ3n) is 4.07. The Bertz CT molecular complexity index is 827. The van der Waals surface area contributed by atoms with Gasteiger partial charge in [0, 0.05) is 7.05 Å². The van der Waals surface area contributed by atoms with Gasteiger partial charge in [0.15, 0.2) is 0 Å². The summed E-state index contributed by atoms with van der Waals surface area (Å²) in [7, 11) is -1.90. The average Bonchev–Trinajstić information content (AvgIpc) is 2.56. The van der Waals surface area contributed by atoms with Crippen LogP contribution in [0, 0.1) is 13.8 Å². The van der Waals surface area contributed by atoms with Gasteiger partial charge in [-0.2, -0.15) is 0 Å². The van der Waals surface area contributed by atoms with Crippen LogP contribution in [0.5, 0.6) is 0 Å². The third kappa shape index (κ3) is 5.90. The number of sulfonamides is 1. The molecule has 0 aromatic heterocycles. The maximum atomic E-state index is 11.2. The van der Waals surface area contributed by atoms with Gasteiger partial charge in [0.1, 0.15) is 0 Å². The fourth-order valence-corrected chi connectivity index (χ4v) is 2.70. The minimum absolute atomic E-state index is 0.126. The van der Waals surface area contributed by atoms with E-state index in [1.807, 2.05) is 0 Å². The Morgan fingerprint density at radius 2 is 1.64 bits per heavy atom. The molecular weight excluding hydrogens is 338 g/mol. The van der Waals surface area contributed by atoms with Crippen molar-refractivity contribution < 1.29 is 18.3 Å². The lowest BCUT2D eigenvalue weighted by Crippen LogP contribution is -2.24. The van der Waals surface area contributed by atoms with Crippen LogP contribution in [-0.2, 0) is 16.4 Å². The van der Waals surface area contributed by atoms with Crippen LogP contribution in [0.3, 0.4) is 0 Å². The van der Waals surface area contributed by atoms with Crippen LogP contribution in [0.4, 0.5) is 5.69 Å². The van der Waals surface area contributed by atoms with E-state index in [1.54, 1.807) is 0 Å². The van der Waals surface area contributed by atoms with E-state index in [-0.39, 0.29) is 5.56 Å². The highest BCUT2D eigenvalue weighted by atomic mass is 32.2. The minimum atomic E-state index is -3.30. The molecule has 0 spiro atoms. The first kappa shape index (κ1) is 20.7. The normalized spacial score (nSPS) is 10.6. The number of rotatable bonds is 4. The van der Waals surface area contributed by atoms with Crippen LogP contribution in [0.1, 0.15) is 34.0 Å². The molecule has 0 atom stereocenters. The van der Waals surface area contributed by atoms with Crippen LogP contribution in [0.15, 0.2) is 42.5 Å². The molecule has 0 fully saturated rings. The zero-order valence-corrected chi connectivity index (χ0v) is 16.1. The van der Waals surface area contributed by atoms with E-state index in [1.165, 1.54) is 48.0 Å². The predicted molar refractivity (Wildman–Crippen MR) is 102 cm³/mol. The van der Waals surface area contributed by atoms with E-state index in [2.05, 4.69) is 39.0 Å². The molecule has 6 heteroatoms. The summed E-state index contributed by atoms with van der Waals surface area (Å²) < 4.78 is 23.4. The molecule has 0 aliphatic carbocycles. The first-order valence-electron chi connectivity index (χ1n) is 7.90. The molecule has 5 nitrogen and oxygen atoms in total. The van der Waals surface area contributed by atoms with E-state index in [9.17, 15) is 13.2 Å². The molecule has 0 heterocycles. The summed E-state index contributed by atoms with van der Waals surface area (Å²) in [6.45, 7) is 6.55. The van der Waals surface area contributed by atoms with Crippen LogP contribution in [-0.4, -0.2) is 32.8 Å². The van der Waals surface area contributed by atoms with Crippen molar-refractivity contribution >= 4 is 21.7 Å². The van der Waals surface area contributed by atoms with Gasteiger partial charge in [-0.05, 0) is 61.2 Å². The Hall–Kier alpha value is -2.34. The molecule has 0 saturated carbocycles. The number of aromatic carboxylic acids is 1. The van der Waals surface area contributed by atoms with Gasteiger partial charge in [-0.3, -0.25) is 4.31 Å². The van der Waals surface area contributed by atoms with Gasteiger partial charge in [0.05, 0.1) is 17.5 Å². The first-order valence-corrected chi connectivity index (χ1v) is 9.75. The van der Waals surface area contributed by atoms with Crippen LogP contribution in [0.2, 0.25) is 0 Å². The van der Waals surface area contributed by atoms with Gasteiger partial charge in [-0.25, -0.2) is 13.2 Å². The van der Waals surface area contributed by atoms with Crippen molar-refractivity contribution in [1.82, 2.24) is 0 Å². The number of anilines is 1. The Morgan fingerprint density at radius 3 is 2.04 bits per heavy atom. The summed E-state index contributed by atoms with van der Waals surface area (Å²) in [4.78, 5) is 10.5. The van der Waals surface area contributed by atoms with Crippen LogP contribution < -0.4 is 4.31 Å². The van der Waals surface area contributed by atoms with Gasteiger partial charge in [-0.15, -0.1) is 0 Å². The zero-order valence-electron chi connectivity index (χ0n) is 15.3. The number of nitrogens with zero attached hydrogens (tertiary/aromatic N) is 1. The Labute approximate surface area is 150 Å². The molecule has 0 unspecified atom stereocenters. The van der Waals surface area contributed by atoms with Crippen molar-refractivity contribution in [2.45, 2.75) is 27.2 Å². The number of hydrogen-bond donors (Lipinski definition) is 1. The highest BCUT2D eigenvalue weighted by Crippen LogP contribution is 2.16. The molecule has 0 radical (unpaired) electrons. The van der Waals surface area contributed by atoms with Gasteiger partial charge >= 0.3 is 5.97 Å². The molecular formula is C19H25NO4S. The van der Waals surface area contributed by atoms with E-state index in [0.29, 0.717) is 5.69 Å². The second kappa shape index (κ2) is 8.67. The van der Waals surface area contributed by atoms with Gasteiger partial charge in [-0.1, -0.05) is 25.1 Å². The molecule has 136 valence electrons. The highest BCUT2D eigenvalue weighted by Gasteiger charge is 2.12. The highest BCUT2D eigenvalue weighted by molar-refractivity contribution is 7.92. The molecule has 0 bridgehead atoms. The van der Waals surface area contributed by atoms with Crippen molar-refractivity contribution in [3.05, 3.63) is 64.7 Å². The lowest BCUT2D eigenvalue weighted by atomic mass is 10.0. The monoisotopic (exact) mass is 363 g/mol. The molecule has 2 aromatic carbocycles. The Morgan fingerprint density at radius 1 is 1.08 bits per heavy atom. The van der Waals surface area contributed by atoms with Crippen molar-refractivity contribution in [3.8, 4) is 0 Å². The molecule has 0 aliphatic heterocycles. The largest absolute Gasteiger partial charge is 0.478 e. The van der Waals surface area contributed by atoms with Crippen molar-refractivity contribution in [2.24, 2.45) is 0 Å². The molecule has 1 N–H and O–H groups in total. The number of hydrogen-bond acceptors (Lipinski definition) is 3. The number of carbonyl (C=O) groups is 1. The third-order valence-corrected chi connectivity index (χ3v) is 5.28. The van der Waals surface area contributed by atoms with Crippen molar-refractivity contribution in [2.75, 3.05) is 17.6 Å². The summed E-state index contributed by atoms with van der Waals surface area (Å²) in [5, 5.41) is 8.64. The standard InChI is InChI=1S/C10H14.C9H11NO4S/c1-4-10-7-5-6-8(2)9(10)3;1-10(15(2,13)14)8-5-3-7(4-6-8)9(11)12/h5-7H,4H2,1-3H3;3-6H,1-2H3,(H,11,12). The van der Waals surface area contributed by atoms with E-state index in [4.69, 9.17) is 5.11 Å². The second-order valence-corrected chi connectivity index (χ2v) is 7.81. The molecule has 2 rings (SSSR count). The lowest BCUT2D eigenvalue weighted by Gasteiger charge is -2.16. The quantitative estimate of drug-likeness (QED) is 0.900. The summed E-state index contributed by atoms with van der Waals surface area (Å²) in [6.07, 6.45) is 2.23. The van der Waals surface area contributed by atoms with Crippen molar-refractivity contribution in [1.29, 1.82) is 0 Å². The number of carboxylic acid groups (broad SMARTS) is 1. The second-order valence-electron chi connectivity index (χ2n) is 5.80. The van der Waals surface area contributed by atoms with E-state index in [0.717, 1.165) is 17.0 Å². The van der Waals surface area contributed by atoms with Crippen LogP contribution >= 0.6 is 0 Å². The fraction of sp³-hybridized carbons (Fsp3) is 0.316. The molecule has 0 saturated heterocycles. The topological polar surface area (TPSA) is 74.7 Å². The van der Waals surface area contributed by atoms with Crippen molar-refractivity contribution in [3.63, 3.8) is 0 Å². The predicted octanol–water partition coefficient (Wildman–Crippen LogP) is 3.65. The Balaban J connectivity index is 0.000000271. The molecule has 0 amide bonds. The molecule has 2 aromatic rings. The lowest BCUT2D eigenvalue weighted by molar-refractivity contribution is 0.0697. The molecule has 25 heavy (non-hydrogen) atoms. The summed E-state index contributed by atoms with van der Waals surface area (Å²) >= 11 is 0. The first-order chi connectivity index (χ1) is 11.6. The maximum absolute atomic E-state index is 11.2. The number of aryl methyl sites for hydroxylation is 2. The number of benzene rings is 2. The van der Waals surface area contributed by atoms with E-state index >= 15 is 0 Å². The zero-order chi connectivity index (χ0) is 19.2. The Kier molecular flexibility index (Phi) is 7.18. The van der Waals surface area contributed by atoms with Gasteiger partial charge in [0.2, 0.25) is 10.0 Å². The maximum Gasteiger partial charge on any atom is 0.335 e. The van der Waals surface area contributed by atoms with E-state index < -0.39 is 16.0 Å². The summed E-state index contributed by atoms with van der Waals surface area (Å²) in [5.74, 6) is -1.04. The summed E-state index contributed by atoms with van der Waals surface area (Å²) in [6, 6.07) is 12.1. The van der Waals surface area contributed by atoms with Crippen LogP contribution in [0.25, 0.3) is 0 Å². The number of carboxylic acids is 1. The molecule has 0 aliphatic rings. The average molecular weight is 363 g/mol. The smallest absolute Gasteiger partial charge is 0.335 e. The fourth-order valence-electron chi connectivity index (χ4n) is 2.20. The summed E-state index contributed by atoms with van der Waals surface area (Å²) in [5.41, 5.74) is 4.88. The SMILES string of the molecule is CCc1cccc(C)c1C.CN(c1ccc(C(=O)O)cc1)S(C)(=O)=O. The van der Waals surface area contributed by atoms with Gasteiger partial charge < -0.3 is 5.11 Å². The minimum Gasteiger partial charge on any atom is -0.478 e.